The second-order valence-corrected chi connectivity index (χ2v) is 4.30. The Balaban J connectivity index is 2.45. The lowest BCUT2D eigenvalue weighted by Crippen LogP contribution is -2.37. The zero-order valence-corrected chi connectivity index (χ0v) is 9.67. The summed E-state index contributed by atoms with van der Waals surface area (Å²) in [5.74, 6) is 0. The van der Waals surface area contributed by atoms with Crippen LogP contribution in [0.1, 0.15) is 39.7 Å². The molecule has 1 rings (SSSR count). The van der Waals surface area contributed by atoms with Gasteiger partial charge >= 0.3 is 0 Å². The molecule has 0 aliphatic rings. The van der Waals surface area contributed by atoms with Crippen LogP contribution >= 0.6 is 0 Å². The number of hydrogen-bond donors (Lipinski definition) is 1. The van der Waals surface area contributed by atoms with Crippen LogP contribution in [0, 0.1) is 0 Å². The van der Waals surface area contributed by atoms with E-state index >= 15 is 0 Å². The molecule has 3 nitrogen and oxygen atoms in total. The van der Waals surface area contributed by atoms with Crippen molar-refractivity contribution >= 4 is 0 Å². The van der Waals surface area contributed by atoms with Crippen LogP contribution in [-0.2, 0) is 13.1 Å². The van der Waals surface area contributed by atoms with Gasteiger partial charge < -0.3 is 5.32 Å². The first-order valence-electron chi connectivity index (χ1n) is 5.33. The highest BCUT2D eigenvalue weighted by molar-refractivity contribution is 5.04. The predicted octanol–water partition coefficient (Wildman–Crippen LogP) is 2.18. The Morgan fingerprint density at radius 3 is 2.64 bits per heavy atom. The molecular formula is C11H21N3. The molecule has 0 spiro atoms. The lowest BCUT2D eigenvalue weighted by Gasteiger charge is -2.24. The van der Waals surface area contributed by atoms with Crippen molar-refractivity contribution in [2.24, 2.45) is 0 Å². The highest BCUT2D eigenvalue weighted by Gasteiger charge is 2.13. The number of nitrogens with zero attached hydrogens (tertiary/aromatic N) is 2. The van der Waals surface area contributed by atoms with Crippen molar-refractivity contribution in [3.05, 3.63) is 18.0 Å². The topological polar surface area (TPSA) is 29.9 Å². The molecule has 1 aromatic rings. The zero-order valence-electron chi connectivity index (χ0n) is 9.67. The van der Waals surface area contributed by atoms with Crippen molar-refractivity contribution in [2.75, 3.05) is 0 Å². The van der Waals surface area contributed by atoms with E-state index in [1.165, 1.54) is 5.56 Å². The molecule has 0 radical (unpaired) electrons. The molecule has 0 saturated carbocycles. The molecule has 14 heavy (non-hydrogen) atoms. The van der Waals surface area contributed by atoms with Crippen LogP contribution in [0.2, 0.25) is 0 Å². The van der Waals surface area contributed by atoms with E-state index in [0.717, 1.165) is 19.5 Å². The van der Waals surface area contributed by atoms with Crippen LogP contribution in [0.4, 0.5) is 0 Å². The first-order chi connectivity index (χ1) is 6.57. The minimum Gasteiger partial charge on any atom is -0.308 e. The van der Waals surface area contributed by atoms with E-state index < -0.39 is 0 Å². The van der Waals surface area contributed by atoms with Gasteiger partial charge in [-0.2, -0.15) is 5.10 Å². The van der Waals surface area contributed by atoms with Gasteiger partial charge in [0.05, 0.1) is 6.20 Å². The maximum Gasteiger partial charge on any atom is 0.0534 e. The largest absolute Gasteiger partial charge is 0.308 e. The maximum absolute atomic E-state index is 4.24. The minimum atomic E-state index is 0.217. The quantitative estimate of drug-likeness (QED) is 0.780. The summed E-state index contributed by atoms with van der Waals surface area (Å²) in [7, 11) is 0. The SMILES string of the molecule is CCn1cc(CNC(C)(C)CC)cn1. The van der Waals surface area contributed by atoms with Crippen molar-refractivity contribution in [3.8, 4) is 0 Å². The van der Waals surface area contributed by atoms with Crippen LogP contribution in [0.25, 0.3) is 0 Å². The molecule has 0 saturated heterocycles. The predicted molar refractivity (Wildman–Crippen MR) is 59.1 cm³/mol. The lowest BCUT2D eigenvalue weighted by molar-refractivity contribution is 0.374. The third-order valence-electron chi connectivity index (χ3n) is 2.67. The fourth-order valence-corrected chi connectivity index (χ4v) is 1.14. The lowest BCUT2D eigenvalue weighted by atomic mass is 10.0. The molecule has 0 bridgehead atoms. The van der Waals surface area contributed by atoms with Gasteiger partial charge in [0, 0.05) is 30.4 Å². The third-order valence-corrected chi connectivity index (χ3v) is 2.67. The molecule has 0 aliphatic heterocycles. The highest BCUT2D eigenvalue weighted by atomic mass is 15.3. The zero-order chi connectivity index (χ0) is 10.6. The third kappa shape index (κ3) is 3.14. The molecule has 0 aliphatic carbocycles. The Bertz CT molecular complexity index is 276. The first kappa shape index (κ1) is 11.2. The summed E-state index contributed by atoms with van der Waals surface area (Å²) in [6.45, 7) is 10.6. The normalized spacial score (nSPS) is 12.0. The van der Waals surface area contributed by atoms with Crippen molar-refractivity contribution in [1.29, 1.82) is 0 Å². The van der Waals surface area contributed by atoms with E-state index in [0.29, 0.717) is 0 Å². The van der Waals surface area contributed by atoms with Gasteiger partial charge in [-0.3, -0.25) is 4.68 Å². The molecule has 1 N–H and O–H groups in total. The van der Waals surface area contributed by atoms with Crippen molar-refractivity contribution in [3.63, 3.8) is 0 Å². The summed E-state index contributed by atoms with van der Waals surface area (Å²) in [4.78, 5) is 0. The standard InChI is InChI=1S/C11H21N3/c1-5-11(3,4)12-7-10-8-13-14(6-2)9-10/h8-9,12H,5-7H2,1-4H3. The van der Waals surface area contributed by atoms with Crippen molar-refractivity contribution < 1.29 is 0 Å². The Morgan fingerprint density at radius 1 is 1.43 bits per heavy atom. The number of nitrogens with one attached hydrogen (secondary N) is 1. The summed E-state index contributed by atoms with van der Waals surface area (Å²) in [5, 5.41) is 7.75. The van der Waals surface area contributed by atoms with E-state index in [2.05, 4.69) is 44.3 Å². The molecule has 3 heteroatoms. The average molecular weight is 195 g/mol. The highest BCUT2D eigenvalue weighted by Crippen LogP contribution is 2.08. The van der Waals surface area contributed by atoms with Gasteiger partial charge in [0.15, 0.2) is 0 Å². The van der Waals surface area contributed by atoms with E-state index in [1.807, 2.05) is 10.9 Å². The molecule has 0 unspecified atom stereocenters. The van der Waals surface area contributed by atoms with Crippen molar-refractivity contribution in [2.45, 2.75) is 52.7 Å². The second kappa shape index (κ2) is 4.60. The molecule has 0 fully saturated rings. The summed E-state index contributed by atoms with van der Waals surface area (Å²) >= 11 is 0. The Kier molecular flexibility index (Phi) is 3.69. The number of rotatable bonds is 5. The Morgan fingerprint density at radius 2 is 2.14 bits per heavy atom. The molecule has 0 amide bonds. The molecule has 1 heterocycles. The average Bonchev–Trinajstić information content (AvgIpc) is 2.63. The minimum absolute atomic E-state index is 0.217. The van der Waals surface area contributed by atoms with Crippen LogP contribution < -0.4 is 5.32 Å². The summed E-state index contributed by atoms with van der Waals surface area (Å²) < 4.78 is 1.95. The van der Waals surface area contributed by atoms with Gasteiger partial charge in [-0.25, -0.2) is 0 Å². The smallest absolute Gasteiger partial charge is 0.0534 e. The van der Waals surface area contributed by atoms with Crippen molar-refractivity contribution in [1.82, 2.24) is 15.1 Å². The van der Waals surface area contributed by atoms with Gasteiger partial charge in [0.1, 0.15) is 0 Å². The van der Waals surface area contributed by atoms with E-state index in [9.17, 15) is 0 Å². The monoisotopic (exact) mass is 195 g/mol. The fraction of sp³-hybridized carbons (Fsp3) is 0.727. The number of hydrogen-bond acceptors (Lipinski definition) is 2. The van der Waals surface area contributed by atoms with Crippen LogP contribution in [0.3, 0.4) is 0 Å². The van der Waals surface area contributed by atoms with E-state index in [1.54, 1.807) is 0 Å². The van der Waals surface area contributed by atoms with Crippen LogP contribution in [-0.4, -0.2) is 15.3 Å². The summed E-state index contributed by atoms with van der Waals surface area (Å²) in [6.07, 6.45) is 5.16. The Labute approximate surface area is 86.5 Å². The summed E-state index contributed by atoms with van der Waals surface area (Å²) in [6, 6.07) is 0. The van der Waals surface area contributed by atoms with E-state index in [4.69, 9.17) is 0 Å². The molecule has 0 aromatic carbocycles. The van der Waals surface area contributed by atoms with Gasteiger partial charge in [-0.05, 0) is 27.2 Å². The Hall–Kier alpha value is -0.830. The second-order valence-electron chi connectivity index (χ2n) is 4.30. The van der Waals surface area contributed by atoms with Crippen LogP contribution in [0.5, 0.6) is 0 Å². The van der Waals surface area contributed by atoms with Gasteiger partial charge in [-0.1, -0.05) is 6.92 Å². The fourth-order valence-electron chi connectivity index (χ4n) is 1.14. The first-order valence-corrected chi connectivity index (χ1v) is 5.33. The molecular weight excluding hydrogens is 174 g/mol. The van der Waals surface area contributed by atoms with Gasteiger partial charge in [-0.15, -0.1) is 0 Å². The maximum atomic E-state index is 4.24. The molecule has 80 valence electrons. The van der Waals surface area contributed by atoms with Gasteiger partial charge in [0.2, 0.25) is 0 Å². The number of aryl methyl sites for hydroxylation is 1. The number of aromatic nitrogens is 2. The van der Waals surface area contributed by atoms with Crippen LogP contribution in [0.15, 0.2) is 12.4 Å². The van der Waals surface area contributed by atoms with E-state index in [-0.39, 0.29) is 5.54 Å². The molecule has 0 atom stereocenters. The van der Waals surface area contributed by atoms with Gasteiger partial charge in [0.25, 0.3) is 0 Å². The summed E-state index contributed by atoms with van der Waals surface area (Å²) in [5.41, 5.74) is 1.47. The molecule has 1 aromatic heterocycles.